The number of nitrogens with one attached hydrogen (secondary N) is 2. The predicted molar refractivity (Wildman–Crippen MR) is 68.0 cm³/mol. The van der Waals surface area contributed by atoms with Gasteiger partial charge in [-0.1, -0.05) is 0 Å². The van der Waals surface area contributed by atoms with E-state index in [0.29, 0.717) is 6.04 Å². The number of rotatable bonds is 6. The largest absolute Gasteiger partial charge is 0.309 e. The van der Waals surface area contributed by atoms with Crippen molar-refractivity contribution in [3.63, 3.8) is 0 Å². The van der Waals surface area contributed by atoms with E-state index in [9.17, 15) is 0 Å². The molecule has 5 nitrogen and oxygen atoms in total. The van der Waals surface area contributed by atoms with Crippen LogP contribution in [0.1, 0.15) is 35.8 Å². The third-order valence-corrected chi connectivity index (χ3v) is 3.80. The Labute approximate surface area is 105 Å². The molecule has 2 rings (SSSR count). The summed E-state index contributed by atoms with van der Waals surface area (Å²) in [7, 11) is 0. The van der Waals surface area contributed by atoms with Crippen LogP contribution in [0.15, 0.2) is 11.8 Å². The van der Waals surface area contributed by atoms with Crippen molar-refractivity contribution in [2.75, 3.05) is 6.54 Å². The number of nitrogens with zero attached hydrogens (tertiary/aromatic N) is 3. The van der Waals surface area contributed by atoms with Crippen LogP contribution >= 0.6 is 11.3 Å². The molecule has 0 bridgehead atoms. The van der Waals surface area contributed by atoms with Gasteiger partial charge in [-0.2, -0.15) is 5.10 Å². The van der Waals surface area contributed by atoms with E-state index in [2.05, 4.69) is 39.3 Å². The molecule has 6 heteroatoms. The van der Waals surface area contributed by atoms with E-state index in [1.54, 1.807) is 17.7 Å². The van der Waals surface area contributed by atoms with Crippen LogP contribution in [-0.4, -0.2) is 26.7 Å². The molecule has 0 aliphatic carbocycles. The van der Waals surface area contributed by atoms with Crippen LogP contribution in [0.2, 0.25) is 0 Å². The van der Waals surface area contributed by atoms with Gasteiger partial charge >= 0.3 is 0 Å². The highest BCUT2D eigenvalue weighted by molar-refractivity contribution is 7.09. The monoisotopic (exact) mass is 251 g/mol. The zero-order valence-electron chi connectivity index (χ0n) is 10.1. The number of H-pyrrole nitrogens is 1. The van der Waals surface area contributed by atoms with Crippen LogP contribution < -0.4 is 5.32 Å². The quantitative estimate of drug-likeness (QED) is 0.769. The van der Waals surface area contributed by atoms with E-state index in [1.807, 2.05) is 5.51 Å². The van der Waals surface area contributed by atoms with Crippen molar-refractivity contribution < 1.29 is 0 Å². The van der Waals surface area contributed by atoms with Crippen molar-refractivity contribution in [2.45, 2.75) is 32.7 Å². The number of thiazole rings is 1. The predicted octanol–water partition coefficient (Wildman–Crippen LogP) is 1.85. The summed E-state index contributed by atoms with van der Waals surface area (Å²) < 4.78 is 0. The Balaban J connectivity index is 1.70. The molecule has 0 spiro atoms. The molecule has 0 saturated heterocycles. The third-order valence-electron chi connectivity index (χ3n) is 2.68. The minimum absolute atomic E-state index is 0.372. The van der Waals surface area contributed by atoms with Crippen molar-refractivity contribution in [1.29, 1.82) is 0 Å². The summed E-state index contributed by atoms with van der Waals surface area (Å²) in [6.45, 7) is 5.20. The highest BCUT2D eigenvalue weighted by Crippen LogP contribution is 2.20. The van der Waals surface area contributed by atoms with Crippen LogP contribution in [0.4, 0.5) is 0 Å². The number of aryl methyl sites for hydroxylation is 2. The van der Waals surface area contributed by atoms with Crippen LogP contribution in [0, 0.1) is 6.92 Å². The Morgan fingerprint density at radius 2 is 2.35 bits per heavy atom. The lowest BCUT2D eigenvalue weighted by atomic mass is 10.2. The molecule has 1 atom stereocenters. The summed E-state index contributed by atoms with van der Waals surface area (Å²) in [4.78, 5) is 9.68. The zero-order valence-corrected chi connectivity index (χ0v) is 10.9. The van der Waals surface area contributed by atoms with Gasteiger partial charge in [0.1, 0.15) is 12.2 Å². The highest BCUT2D eigenvalue weighted by atomic mass is 32.1. The lowest BCUT2D eigenvalue weighted by Gasteiger charge is -2.12. The van der Waals surface area contributed by atoms with Crippen molar-refractivity contribution in [3.05, 3.63) is 28.2 Å². The molecular weight excluding hydrogens is 234 g/mol. The van der Waals surface area contributed by atoms with Crippen molar-refractivity contribution in [3.8, 4) is 0 Å². The third kappa shape index (κ3) is 3.34. The second kappa shape index (κ2) is 5.88. The summed E-state index contributed by atoms with van der Waals surface area (Å²) >= 11 is 1.71. The zero-order chi connectivity index (χ0) is 12.1. The Bertz CT molecular complexity index is 436. The van der Waals surface area contributed by atoms with E-state index in [0.717, 1.165) is 30.9 Å². The molecule has 0 aliphatic rings. The van der Waals surface area contributed by atoms with Gasteiger partial charge in [-0.3, -0.25) is 5.10 Å². The molecule has 1 unspecified atom stereocenters. The smallest absolute Gasteiger partial charge is 0.137 e. The summed E-state index contributed by atoms with van der Waals surface area (Å²) in [5, 5.41) is 10.2. The van der Waals surface area contributed by atoms with E-state index in [1.165, 1.54) is 4.88 Å². The Kier molecular flexibility index (Phi) is 4.22. The topological polar surface area (TPSA) is 66.5 Å². The first kappa shape index (κ1) is 12.2. The fourth-order valence-corrected chi connectivity index (χ4v) is 2.58. The number of hydrogen-bond donors (Lipinski definition) is 2. The van der Waals surface area contributed by atoms with E-state index >= 15 is 0 Å². The van der Waals surface area contributed by atoms with Gasteiger partial charge in [0.2, 0.25) is 0 Å². The lowest BCUT2D eigenvalue weighted by Crippen LogP contribution is -2.20. The van der Waals surface area contributed by atoms with Crippen molar-refractivity contribution in [2.24, 2.45) is 0 Å². The van der Waals surface area contributed by atoms with Gasteiger partial charge in [0.15, 0.2) is 0 Å². The SMILES string of the molecule is Cc1ncsc1C(C)NCCCc1ncn[nH]1. The summed E-state index contributed by atoms with van der Waals surface area (Å²) in [5.74, 6) is 0.952. The first-order valence-corrected chi connectivity index (χ1v) is 6.63. The molecule has 0 fully saturated rings. The van der Waals surface area contributed by atoms with Gasteiger partial charge < -0.3 is 5.32 Å². The summed E-state index contributed by atoms with van der Waals surface area (Å²) in [6.07, 6.45) is 3.53. The molecule has 0 radical (unpaired) electrons. The number of aromatic amines is 1. The fraction of sp³-hybridized carbons (Fsp3) is 0.545. The van der Waals surface area contributed by atoms with Gasteiger partial charge in [0.05, 0.1) is 11.2 Å². The molecular formula is C11H17N5S. The van der Waals surface area contributed by atoms with Gasteiger partial charge in [-0.05, 0) is 26.8 Å². The number of aromatic nitrogens is 4. The van der Waals surface area contributed by atoms with E-state index < -0.39 is 0 Å². The van der Waals surface area contributed by atoms with E-state index in [4.69, 9.17) is 0 Å². The maximum absolute atomic E-state index is 4.26. The molecule has 2 aromatic heterocycles. The fourth-order valence-electron chi connectivity index (χ4n) is 1.74. The maximum Gasteiger partial charge on any atom is 0.137 e. The van der Waals surface area contributed by atoms with E-state index in [-0.39, 0.29) is 0 Å². The average Bonchev–Trinajstić information content (AvgIpc) is 2.95. The van der Waals surface area contributed by atoms with Gasteiger partial charge in [-0.25, -0.2) is 9.97 Å². The Hall–Kier alpha value is -1.27. The standard InChI is InChI=1S/C11H17N5S/c1-8(11-9(2)14-7-17-11)12-5-3-4-10-13-6-15-16-10/h6-8,12H,3-5H2,1-2H3,(H,13,15,16). The first-order valence-electron chi connectivity index (χ1n) is 5.75. The van der Waals surface area contributed by atoms with Gasteiger partial charge in [0.25, 0.3) is 0 Å². The molecule has 17 heavy (non-hydrogen) atoms. The highest BCUT2D eigenvalue weighted by Gasteiger charge is 2.09. The van der Waals surface area contributed by atoms with Crippen LogP contribution in [0.5, 0.6) is 0 Å². The summed E-state index contributed by atoms with van der Waals surface area (Å²) in [6, 6.07) is 0.372. The first-order chi connectivity index (χ1) is 8.27. The maximum atomic E-state index is 4.26. The molecule has 0 aromatic carbocycles. The van der Waals surface area contributed by atoms with Crippen molar-refractivity contribution >= 4 is 11.3 Å². The molecule has 92 valence electrons. The van der Waals surface area contributed by atoms with Crippen molar-refractivity contribution in [1.82, 2.24) is 25.5 Å². The molecule has 0 aliphatic heterocycles. The van der Waals surface area contributed by atoms with Crippen LogP contribution in [-0.2, 0) is 6.42 Å². The minimum Gasteiger partial charge on any atom is -0.309 e. The van der Waals surface area contributed by atoms with Gasteiger partial charge in [-0.15, -0.1) is 11.3 Å². The van der Waals surface area contributed by atoms with Crippen LogP contribution in [0.3, 0.4) is 0 Å². The number of hydrogen-bond acceptors (Lipinski definition) is 5. The second-order valence-electron chi connectivity index (χ2n) is 4.01. The summed E-state index contributed by atoms with van der Waals surface area (Å²) in [5.41, 5.74) is 3.03. The van der Waals surface area contributed by atoms with Gasteiger partial charge in [0, 0.05) is 17.3 Å². The molecule has 2 N–H and O–H groups in total. The molecule has 2 heterocycles. The lowest BCUT2D eigenvalue weighted by molar-refractivity contribution is 0.558. The Morgan fingerprint density at radius 1 is 1.47 bits per heavy atom. The normalized spacial score (nSPS) is 12.8. The minimum atomic E-state index is 0.372. The molecule has 0 amide bonds. The second-order valence-corrected chi connectivity index (χ2v) is 4.90. The average molecular weight is 251 g/mol. The van der Waals surface area contributed by atoms with Crippen LogP contribution in [0.25, 0.3) is 0 Å². The Morgan fingerprint density at radius 3 is 3.00 bits per heavy atom. The molecule has 2 aromatic rings. The molecule has 0 saturated carbocycles.